The van der Waals surface area contributed by atoms with E-state index in [4.69, 9.17) is 5.73 Å². The standard InChI is InChI=1S/C14H22N4OS/c1-3-6-16-14(19)13-11(15)8-12(20-13)17-9-10-5-4-7-18(10)2/h3,8,10,17H,1,4-7,9,15H2,2H3,(H,16,19). The Morgan fingerprint density at radius 1 is 1.70 bits per heavy atom. The molecule has 0 aliphatic carbocycles. The van der Waals surface area contributed by atoms with Gasteiger partial charge >= 0.3 is 0 Å². The highest BCUT2D eigenvalue weighted by molar-refractivity contribution is 7.18. The normalized spacial score (nSPS) is 18.9. The summed E-state index contributed by atoms with van der Waals surface area (Å²) in [4.78, 5) is 14.8. The second kappa shape index (κ2) is 6.76. The van der Waals surface area contributed by atoms with Gasteiger partial charge in [0.25, 0.3) is 5.91 Å². The van der Waals surface area contributed by atoms with Crippen molar-refractivity contribution < 1.29 is 4.79 Å². The van der Waals surface area contributed by atoms with Crippen molar-refractivity contribution in [1.82, 2.24) is 10.2 Å². The Labute approximate surface area is 123 Å². The Morgan fingerprint density at radius 3 is 3.15 bits per heavy atom. The van der Waals surface area contributed by atoms with Gasteiger partial charge in [0.2, 0.25) is 0 Å². The molecule has 1 atom stereocenters. The summed E-state index contributed by atoms with van der Waals surface area (Å²) in [5.74, 6) is -0.140. The number of thiophene rings is 1. The van der Waals surface area contributed by atoms with Gasteiger partial charge in [-0.1, -0.05) is 6.08 Å². The van der Waals surface area contributed by atoms with Crippen LogP contribution in [0.3, 0.4) is 0 Å². The van der Waals surface area contributed by atoms with Crippen LogP contribution in [0.15, 0.2) is 18.7 Å². The van der Waals surface area contributed by atoms with Crippen LogP contribution < -0.4 is 16.4 Å². The Bertz CT molecular complexity index is 486. The molecule has 0 spiro atoms. The second-order valence-electron chi connectivity index (χ2n) is 5.05. The number of hydrogen-bond donors (Lipinski definition) is 3. The zero-order valence-corrected chi connectivity index (χ0v) is 12.6. The third-order valence-corrected chi connectivity index (χ3v) is 4.66. The third-order valence-electron chi connectivity index (χ3n) is 3.56. The molecule has 1 fully saturated rings. The van der Waals surface area contributed by atoms with Gasteiger partial charge in [0, 0.05) is 19.1 Å². The molecular formula is C14H22N4OS. The number of nitrogen functional groups attached to an aromatic ring is 1. The molecule has 1 unspecified atom stereocenters. The molecule has 2 heterocycles. The zero-order valence-electron chi connectivity index (χ0n) is 11.8. The number of nitrogens with two attached hydrogens (primary N) is 1. The molecule has 1 amide bonds. The first-order chi connectivity index (χ1) is 9.61. The molecule has 20 heavy (non-hydrogen) atoms. The van der Waals surface area contributed by atoms with E-state index in [2.05, 4.69) is 29.2 Å². The molecule has 1 aromatic heterocycles. The average Bonchev–Trinajstić information content (AvgIpc) is 2.99. The molecule has 1 aliphatic heterocycles. The quantitative estimate of drug-likeness (QED) is 0.699. The van der Waals surface area contributed by atoms with E-state index in [9.17, 15) is 4.79 Å². The van der Waals surface area contributed by atoms with Gasteiger partial charge in [0.05, 0.1) is 10.7 Å². The lowest BCUT2D eigenvalue weighted by Gasteiger charge is -2.19. The molecule has 1 aromatic rings. The number of carbonyl (C=O) groups is 1. The molecule has 0 saturated carbocycles. The molecule has 0 radical (unpaired) electrons. The van der Waals surface area contributed by atoms with Crippen molar-refractivity contribution in [3.63, 3.8) is 0 Å². The summed E-state index contributed by atoms with van der Waals surface area (Å²) in [6.07, 6.45) is 4.12. The van der Waals surface area contributed by atoms with E-state index < -0.39 is 0 Å². The fourth-order valence-electron chi connectivity index (χ4n) is 2.37. The van der Waals surface area contributed by atoms with Gasteiger partial charge in [0.15, 0.2) is 0 Å². The van der Waals surface area contributed by atoms with Crippen molar-refractivity contribution in [2.75, 3.05) is 37.7 Å². The molecule has 0 bridgehead atoms. The van der Waals surface area contributed by atoms with Crippen molar-refractivity contribution >= 4 is 27.9 Å². The van der Waals surface area contributed by atoms with Crippen LogP contribution >= 0.6 is 11.3 Å². The summed E-state index contributed by atoms with van der Waals surface area (Å²) in [5, 5.41) is 7.08. The van der Waals surface area contributed by atoms with E-state index in [0.29, 0.717) is 23.2 Å². The van der Waals surface area contributed by atoms with Crippen LogP contribution in [-0.2, 0) is 0 Å². The van der Waals surface area contributed by atoms with E-state index in [1.807, 2.05) is 6.07 Å². The fourth-order valence-corrected chi connectivity index (χ4v) is 3.27. The summed E-state index contributed by atoms with van der Waals surface area (Å²) >= 11 is 1.40. The molecule has 2 rings (SSSR count). The monoisotopic (exact) mass is 294 g/mol. The predicted molar refractivity (Wildman–Crippen MR) is 85.4 cm³/mol. The second-order valence-corrected chi connectivity index (χ2v) is 6.10. The maximum atomic E-state index is 11.9. The van der Waals surface area contributed by atoms with Crippen molar-refractivity contribution in [2.24, 2.45) is 0 Å². The Balaban J connectivity index is 1.93. The first kappa shape index (κ1) is 14.9. The van der Waals surface area contributed by atoms with E-state index >= 15 is 0 Å². The summed E-state index contributed by atoms with van der Waals surface area (Å²) in [6.45, 7) is 6.08. The maximum Gasteiger partial charge on any atom is 0.263 e. The maximum absolute atomic E-state index is 11.9. The van der Waals surface area contributed by atoms with Gasteiger partial charge in [-0.3, -0.25) is 4.79 Å². The van der Waals surface area contributed by atoms with Crippen molar-refractivity contribution in [3.8, 4) is 0 Å². The van der Waals surface area contributed by atoms with Gasteiger partial charge in [-0.15, -0.1) is 17.9 Å². The number of carbonyl (C=O) groups excluding carboxylic acids is 1. The number of likely N-dealkylation sites (tertiary alicyclic amines) is 1. The minimum Gasteiger partial charge on any atom is -0.397 e. The number of anilines is 2. The van der Waals surface area contributed by atoms with Crippen LogP contribution in [0.5, 0.6) is 0 Å². The van der Waals surface area contributed by atoms with E-state index in [-0.39, 0.29) is 5.91 Å². The molecule has 5 nitrogen and oxygen atoms in total. The van der Waals surface area contributed by atoms with Crippen molar-refractivity contribution in [2.45, 2.75) is 18.9 Å². The number of rotatable bonds is 6. The summed E-state index contributed by atoms with van der Waals surface area (Å²) in [5.41, 5.74) is 6.43. The smallest absolute Gasteiger partial charge is 0.263 e. The number of nitrogens with zero attached hydrogens (tertiary/aromatic N) is 1. The lowest BCUT2D eigenvalue weighted by atomic mass is 10.2. The molecule has 110 valence electrons. The predicted octanol–water partition coefficient (Wildman–Crippen LogP) is 1.75. The van der Waals surface area contributed by atoms with Crippen molar-refractivity contribution in [3.05, 3.63) is 23.6 Å². The zero-order chi connectivity index (χ0) is 14.5. The van der Waals surface area contributed by atoms with Gasteiger partial charge in [0.1, 0.15) is 4.88 Å². The summed E-state index contributed by atoms with van der Waals surface area (Å²) < 4.78 is 0. The van der Waals surface area contributed by atoms with E-state index in [0.717, 1.165) is 18.1 Å². The molecule has 1 aliphatic rings. The Kier molecular flexibility index (Phi) is 5.03. The molecule has 1 saturated heterocycles. The lowest BCUT2D eigenvalue weighted by molar-refractivity contribution is 0.0963. The van der Waals surface area contributed by atoms with E-state index in [1.54, 1.807) is 6.08 Å². The number of likely N-dealkylation sites (N-methyl/N-ethyl adjacent to an activating group) is 1. The topological polar surface area (TPSA) is 70.4 Å². The first-order valence-electron chi connectivity index (χ1n) is 6.84. The molecule has 6 heteroatoms. The minimum atomic E-state index is -0.140. The van der Waals surface area contributed by atoms with Crippen LogP contribution in [0.25, 0.3) is 0 Å². The van der Waals surface area contributed by atoms with Gasteiger partial charge in [-0.2, -0.15) is 0 Å². The van der Waals surface area contributed by atoms with E-state index in [1.165, 1.54) is 24.2 Å². The lowest BCUT2D eigenvalue weighted by Crippen LogP contribution is -2.31. The summed E-state index contributed by atoms with van der Waals surface area (Å²) in [7, 11) is 2.15. The SMILES string of the molecule is C=CCNC(=O)c1sc(NCC2CCCN2C)cc1N. The minimum absolute atomic E-state index is 0.140. The van der Waals surface area contributed by atoms with Crippen LogP contribution in [0.1, 0.15) is 22.5 Å². The van der Waals surface area contributed by atoms with Gasteiger partial charge in [-0.25, -0.2) is 0 Å². The highest BCUT2D eigenvalue weighted by Crippen LogP contribution is 2.29. The highest BCUT2D eigenvalue weighted by Gasteiger charge is 2.21. The number of hydrogen-bond acceptors (Lipinski definition) is 5. The third kappa shape index (κ3) is 3.52. The number of nitrogens with one attached hydrogen (secondary N) is 2. The number of amides is 1. The molecule has 0 aromatic carbocycles. The molecule has 4 N–H and O–H groups in total. The van der Waals surface area contributed by atoms with Crippen LogP contribution in [-0.4, -0.2) is 43.5 Å². The summed E-state index contributed by atoms with van der Waals surface area (Å²) in [6, 6.07) is 2.40. The average molecular weight is 294 g/mol. The molecular weight excluding hydrogens is 272 g/mol. The van der Waals surface area contributed by atoms with Crippen LogP contribution in [0.4, 0.5) is 10.7 Å². The Morgan fingerprint density at radius 2 is 2.50 bits per heavy atom. The van der Waals surface area contributed by atoms with Gasteiger partial charge in [-0.05, 0) is 32.5 Å². The van der Waals surface area contributed by atoms with Gasteiger partial charge < -0.3 is 21.3 Å². The fraction of sp³-hybridized carbons (Fsp3) is 0.500. The largest absolute Gasteiger partial charge is 0.397 e. The first-order valence-corrected chi connectivity index (χ1v) is 7.66. The Hall–Kier alpha value is -1.53. The van der Waals surface area contributed by atoms with Crippen LogP contribution in [0.2, 0.25) is 0 Å². The van der Waals surface area contributed by atoms with Crippen molar-refractivity contribution in [1.29, 1.82) is 0 Å². The highest BCUT2D eigenvalue weighted by atomic mass is 32.1. The van der Waals surface area contributed by atoms with Crippen LogP contribution in [0, 0.1) is 0 Å².